The zero-order valence-electron chi connectivity index (χ0n) is 14.2. The van der Waals surface area contributed by atoms with Crippen LogP contribution in [-0.4, -0.2) is 48.7 Å². The Labute approximate surface area is 156 Å². The summed E-state index contributed by atoms with van der Waals surface area (Å²) in [6.45, 7) is -1.50. The molecular weight excluding hydrogens is 418 g/mol. The van der Waals surface area contributed by atoms with Crippen LogP contribution in [0.25, 0.3) is 0 Å². The van der Waals surface area contributed by atoms with E-state index in [1.807, 2.05) is 0 Å². The molecule has 3 heterocycles. The monoisotopic (exact) mass is 427 g/mol. The average Bonchev–Trinajstić information content (AvgIpc) is 2.56. The van der Waals surface area contributed by atoms with Gasteiger partial charge >= 0.3 is 51.2 Å². The van der Waals surface area contributed by atoms with Crippen molar-refractivity contribution in [3.63, 3.8) is 0 Å². The highest BCUT2D eigenvalue weighted by molar-refractivity contribution is 4.88. The fraction of sp³-hybridized carbons (Fsp3) is 0.182. The molecule has 0 saturated carbocycles. The molecule has 3 aromatic rings. The Kier molecular flexibility index (Phi) is 4.43. The highest BCUT2D eigenvalue weighted by Gasteiger charge is 2.40. The lowest BCUT2D eigenvalue weighted by atomic mass is 10.3. The van der Waals surface area contributed by atoms with Gasteiger partial charge < -0.3 is 5.11 Å². The summed E-state index contributed by atoms with van der Waals surface area (Å²) in [7, 11) is 0. The topological polar surface area (TPSA) is 283 Å². The second-order valence-corrected chi connectivity index (χ2v) is 5.60. The SMILES string of the molecule is O=c1[nH]c(=O)n(CC(O)(n2c(=O)[nH]c(=O)[nH]c2=O)n2c(=O)[nH]c(=O)[nH]c2=O)c(=O)[nH]1. The van der Waals surface area contributed by atoms with Crippen LogP contribution in [-0.2, 0) is 12.4 Å². The van der Waals surface area contributed by atoms with Crippen LogP contribution in [0, 0.1) is 0 Å². The molecule has 0 aromatic carbocycles. The molecule has 3 aromatic heterocycles. The van der Waals surface area contributed by atoms with E-state index in [-0.39, 0.29) is 13.7 Å². The van der Waals surface area contributed by atoms with Crippen molar-refractivity contribution in [1.82, 2.24) is 43.6 Å². The zero-order chi connectivity index (χ0) is 22.4. The van der Waals surface area contributed by atoms with Crippen molar-refractivity contribution in [3.05, 3.63) is 94.4 Å². The Morgan fingerprint density at radius 2 is 0.800 bits per heavy atom. The van der Waals surface area contributed by atoms with Crippen molar-refractivity contribution in [1.29, 1.82) is 0 Å². The molecule has 0 atom stereocenters. The van der Waals surface area contributed by atoms with Crippen LogP contribution < -0.4 is 51.2 Å². The maximum Gasteiger partial charge on any atom is 0.337 e. The van der Waals surface area contributed by atoms with Gasteiger partial charge in [0.15, 0.2) is 0 Å². The molecule has 7 N–H and O–H groups in total. The summed E-state index contributed by atoms with van der Waals surface area (Å²) in [5.41, 5.74) is -13.5. The van der Waals surface area contributed by atoms with E-state index in [1.54, 1.807) is 9.97 Å². The van der Waals surface area contributed by atoms with E-state index in [0.29, 0.717) is 0 Å². The zero-order valence-corrected chi connectivity index (χ0v) is 14.2. The van der Waals surface area contributed by atoms with Gasteiger partial charge in [-0.1, -0.05) is 0 Å². The Morgan fingerprint density at radius 1 is 0.533 bits per heavy atom. The van der Waals surface area contributed by atoms with Gasteiger partial charge in [0.05, 0.1) is 0 Å². The van der Waals surface area contributed by atoms with Gasteiger partial charge in [0.1, 0.15) is 6.54 Å². The fourth-order valence-corrected chi connectivity index (χ4v) is 2.56. The second kappa shape index (κ2) is 6.66. The lowest BCUT2D eigenvalue weighted by molar-refractivity contribution is -0.0988. The molecule has 0 aliphatic rings. The average molecular weight is 427 g/mol. The summed E-state index contributed by atoms with van der Waals surface area (Å²) in [4.78, 5) is 116. The highest BCUT2D eigenvalue weighted by atomic mass is 16.3. The van der Waals surface area contributed by atoms with Crippen LogP contribution in [0.5, 0.6) is 0 Å². The third kappa shape index (κ3) is 3.15. The normalized spacial score (nSPS) is 11.5. The van der Waals surface area contributed by atoms with E-state index >= 15 is 0 Å². The molecule has 0 amide bonds. The summed E-state index contributed by atoms with van der Waals surface area (Å²) in [6, 6.07) is 0. The van der Waals surface area contributed by atoms with Crippen molar-refractivity contribution < 1.29 is 5.11 Å². The molecule has 0 unspecified atom stereocenters. The summed E-state index contributed by atoms with van der Waals surface area (Å²) in [5.74, 6) is -3.49. The molecule has 0 aliphatic heterocycles. The predicted molar refractivity (Wildman–Crippen MR) is 91.4 cm³/mol. The Balaban J connectivity index is 2.51. The molecule has 0 spiro atoms. The van der Waals surface area contributed by atoms with Gasteiger partial charge in [0, 0.05) is 0 Å². The smallest absolute Gasteiger partial charge is 0.337 e. The van der Waals surface area contributed by atoms with Gasteiger partial charge in [-0.2, -0.15) is 9.13 Å². The molecule has 19 heteroatoms. The number of nitrogens with zero attached hydrogens (tertiary/aromatic N) is 3. The predicted octanol–water partition coefficient (Wildman–Crippen LogP) is -7.85. The molecule has 158 valence electrons. The lowest BCUT2D eigenvalue weighted by Gasteiger charge is -2.29. The van der Waals surface area contributed by atoms with Crippen molar-refractivity contribution >= 4 is 0 Å². The van der Waals surface area contributed by atoms with Crippen molar-refractivity contribution in [2.45, 2.75) is 12.4 Å². The molecule has 0 bridgehead atoms. The van der Waals surface area contributed by atoms with E-state index in [4.69, 9.17) is 0 Å². The highest BCUT2D eigenvalue weighted by Crippen LogP contribution is 2.08. The lowest BCUT2D eigenvalue weighted by Crippen LogP contribution is -2.66. The fourth-order valence-electron chi connectivity index (χ4n) is 2.56. The second-order valence-electron chi connectivity index (χ2n) is 5.60. The molecule has 19 nitrogen and oxygen atoms in total. The summed E-state index contributed by atoms with van der Waals surface area (Å²) >= 11 is 0. The van der Waals surface area contributed by atoms with Gasteiger partial charge in [-0.15, -0.1) is 0 Å². The number of H-pyrrole nitrogens is 6. The Hall–Kier alpha value is -4.81. The van der Waals surface area contributed by atoms with Crippen LogP contribution in [0.3, 0.4) is 0 Å². The number of hydrogen-bond acceptors (Lipinski definition) is 10. The Morgan fingerprint density at radius 3 is 1.10 bits per heavy atom. The minimum Gasteiger partial charge on any atom is -0.351 e. The van der Waals surface area contributed by atoms with E-state index in [0.717, 1.165) is 0 Å². The first kappa shape index (κ1) is 19.9. The van der Waals surface area contributed by atoms with Gasteiger partial charge in [0.25, 0.3) is 5.85 Å². The summed E-state index contributed by atoms with van der Waals surface area (Å²) in [5, 5.41) is 11.1. The molecule has 0 radical (unpaired) electrons. The molecular formula is C11H9N9O10. The molecule has 0 fully saturated rings. The number of hydrogen-bond donors (Lipinski definition) is 7. The largest absolute Gasteiger partial charge is 0.351 e. The molecule has 0 aliphatic carbocycles. The van der Waals surface area contributed by atoms with Crippen LogP contribution in [0.1, 0.15) is 0 Å². The summed E-state index contributed by atoms with van der Waals surface area (Å²) in [6.07, 6.45) is 0. The van der Waals surface area contributed by atoms with Crippen LogP contribution >= 0.6 is 0 Å². The van der Waals surface area contributed by atoms with Gasteiger partial charge in [-0.05, 0) is 0 Å². The molecule has 30 heavy (non-hydrogen) atoms. The van der Waals surface area contributed by atoms with Gasteiger partial charge in [-0.3, -0.25) is 29.9 Å². The van der Waals surface area contributed by atoms with E-state index in [1.165, 1.54) is 19.9 Å². The van der Waals surface area contributed by atoms with E-state index < -0.39 is 63.6 Å². The van der Waals surface area contributed by atoms with Gasteiger partial charge in [-0.25, -0.2) is 47.7 Å². The van der Waals surface area contributed by atoms with Crippen LogP contribution in [0.15, 0.2) is 43.2 Å². The van der Waals surface area contributed by atoms with Crippen molar-refractivity contribution in [2.24, 2.45) is 0 Å². The maximum absolute atomic E-state index is 12.2. The van der Waals surface area contributed by atoms with Crippen LogP contribution in [0.4, 0.5) is 0 Å². The van der Waals surface area contributed by atoms with Crippen molar-refractivity contribution in [3.8, 4) is 0 Å². The first-order valence-electron chi connectivity index (χ1n) is 7.52. The standard InChI is InChI=1S/C11H9N9O10/c21-2-12-5(24)18(6(25)13-2)1-11(30,19-7(26)14-3(22)15-8(19)27)20-9(28)16-4(23)17-10(20)29/h30H,1H2,(H2,12,13,21,24,25)(H2,14,15,22,26,27)(H2,16,17,23,28,29). The maximum atomic E-state index is 12.2. The molecule has 3 rings (SSSR count). The van der Waals surface area contributed by atoms with Gasteiger partial charge in [0.2, 0.25) is 0 Å². The number of aromatic amines is 6. The minimum atomic E-state index is -3.49. The number of nitrogens with one attached hydrogen (secondary N) is 6. The Bertz CT molecular complexity index is 1490. The first-order valence-corrected chi connectivity index (χ1v) is 7.52. The third-order valence-corrected chi connectivity index (χ3v) is 3.71. The first-order chi connectivity index (χ1) is 13.9. The third-order valence-electron chi connectivity index (χ3n) is 3.71. The van der Waals surface area contributed by atoms with Crippen molar-refractivity contribution in [2.75, 3.05) is 0 Å². The molecule has 0 saturated heterocycles. The summed E-state index contributed by atoms with van der Waals surface area (Å²) < 4.78 is -0.532. The minimum absolute atomic E-state index is 0.0232. The van der Waals surface area contributed by atoms with E-state index in [2.05, 4.69) is 0 Å². The number of aromatic nitrogens is 9. The van der Waals surface area contributed by atoms with Crippen LogP contribution in [0.2, 0.25) is 0 Å². The number of aliphatic hydroxyl groups is 1. The quantitative estimate of drug-likeness (QED) is 0.206. The van der Waals surface area contributed by atoms with E-state index in [9.17, 15) is 48.3 Å². The number of rotatable bonds is 4.